The van der Waals surface area contributed by atoms with E-state index in [0.717, 1.165) is 23.2 Å². The van der Waals surface area contributed by atoms with Gasteiger partial charge in [0.25, 0.3) is 0 Å². The van der Waals surface area contributed by atoms with E-state index in [1.54, 1.807) is 11.3 Å². The number of nitrogens with zero attached hydrogens (tertiary/aromatic N) is 4. The van der Waals surface area contributed by atoms with Crippen molar-refractivity contribution in [2.45, 2.75) is 40.7 Å². The van der Waals surface area contributed by atoms with E-state index in [1.807, 2.05) is 20.8 Å². The van der Waals surface area contributed by atoms with Gasteiger partial charge in [-0.3, -0.25) is 0 Å². The van der Waals surface area contributed by atoms with Gasteiger partial charge in [-0.1, -0.05) is 5.16 Å². The van der Waals surface area contributed by atoms with Crippen molar-refractivity contribution in [3.63, 3.8) is 0 Å². The monoisotopic (exact) mass is 322 g/mol. The molecule has 0 saturated carbocycles. The Morgan fingerprint density at radius 3 is 2.64 bits per heavy atom. The van der Waals surface area contributed by atoms with E-state index in [-0.39, 0.29) is 0 Å². The number of rotatable bonds is 6. The molecule has 0 fully saturated rings. The normalized spacial score (nSPS) is 11.7. The van der Waals surface area contributed by atoms with Gasteiger partial charge in [0.2, 0.25) is 5.89 Å². The standard InChI is InChI=1S/C14H22N6OS/c1-5-15-14(16-7-6-12-19-11(4)20-21-12)17-8-13-18-9(2)10(3)22-13/h5-8H2,1-4H3,(H2,15,16,17). The Morgan fingerprint density at radius 1 is 1.23 bits per heavy atom. The lowest BCUT2D eigenvalue weighted by Crippen LogP contribution is -2.38. The van der Waals surface area contributed by atoms with Crippen LogP contribution in [-0.2, 0) is 13.0 Å². The molecule has 0 saturated heterocycles. The van der Waals surface area contributed by atoms with Crippen LogP contribution in [0, 0.1) is 20.8 Å². The molecule has 22 heavy (non-hydrogen) atoms. The van der Waals surface area contributed by atoms with Crippen molar-refractivity contribution in [1.82, 2.24) is 25.8 Å². The zero-order valence-corrected chi connectivity index (χ0v) is 14.3. The highest BCUT2D eigenvalue weighted by Gasteiger charge is 2.05. The van der Waals surface area contributed by atoms with Crippen LogP contribution in [0.1, 0.15) is 34.2 Å². The molecular formula is C14H22N6OS. The smallest absolute Gasteiger partial charge is 0.228 e. The molecule has 0 radical (unpaired) electrons. The fourth-order valence-corrected chi connectivity index (χ4v) is 2.68. The first-order valence-corrected chi connectivity index (χ1v) is 8.14. The zero-order chi connectivity index (χ0) is 15.9. The van der Waals surface area contributed by atoms with Gasteiger partial charge in [0.05, 0.1) is 12.2 Å². The van der Waals surface area contributed by atoms with Gasteiger partial charge in [0.15, 0.2) is 11.8 Å². The lowest BCUT2D eigenvalue weighted by atomic mass is 10.4. The highest BCUT2D eigenvalue weighted by molar-refractivity contribution is 7.11. The SMILES string of the molecule is CCNC(=NCc1nc(C)c(C)s1)NCCc1nc(C)no1. The van der Waals surface area contributed by atoms with E-state index in [4.69, 9.17) is 4.52 Å². The lowest BCUT2D eigenvalue weighted by Gasteiger charge is -2.09. The van der Waals surface area contributed by atoms with Crippen LogP contribution in [0.4, 0.5) is 0 Å². The molecule has 2 aromatic heterocycles. The molecule has 0 aliphatic rings. The summed E-state index contributed by atoms with van der Waals surface area (Å²) in [7, 11) is 0. The number of aryl methyl sites for hydroxylation is 3. The molecule has 0 spiro atoms. The van der Waals surface area contributed by atoms with Crippen LogP contribution in [0.15, 0.2) is 9.52 Å². The van der Waals surface area contributed by atoms with Crippen molar-refractivity contribution >= 4 is 17.3 Å². The summed E-state index contributed by atoms with van der Waals surface area (Å²) in [4.78, 5) is 14.5. The van der Waals surface area contributed by atoms with Gasteiger partial charge in [-0.25, -0.2) is 9.98 Å². The molecule has 2 aromatic rings. The Morgan fingerprint density at radius 2 is 2.05 bits per heavy atom. The first-order chi connectivity index (χ1) is 10.6. The first kappa shape index (κ1) is 16.4. The van der Waals surface area contributed by atoms with E-state index in [0.29, 0.717) is 31.2 Å². The van der Waals surface area contributed by atoms with Gasteiger partial charge < -0.3 is 15.2 Å². The third-order valence-electron chi connectivity index (χ3n) is 2.99. The average molecular weight is 322 g/mol. The molecule has 120 valence electrons. The summed E-state index contributed by atoms with van der Waals surface area (Å²) in [5.41, 5.74) is 1.08. The summed E-state index contributed by atoms with van der Waals surface area (Å²) < 4.78 is 5.08. The Bertz CT molecular complexity index is 614. The van der Waals surface area contributed by atoms with Gasteiger partial charge in [0, 0.05) is 24.4 Å². The van der Waals surface area contributed by atoms with Crippen LogP contribution in [0.3, 0.4) is 0 Å². The Balaban J connectivity index is 1.86. The zero-order valence-electron chi connectivity index (χ0n) is 13.4. The van der Waals surface area contributed by atoms with E-state index in [2.05, 4.69) is 37.7 Å². The van der Waals surface area contributed by atoms with Gasteiger partial charge in [0.1, 0.15) is 5.01 Å². The lowest BCUT2D eigenvalue weighted by molar-refractivity contribution is 0.374. The highest BCUT2D eigenvalue weighted by Crippen LogP contribution is 2.16. The second kappa shape index (κ2) is 7.88. The third kappa shape index (κ3) is 4.80. The van der Waals surface area contributed by atoms with Crippen molar-refractivity contribution in [3.05, 3.63) is 27.3 Å². The van der Waals surface area contributed by atoms with Gasteiger partial charge in [-0.2, -0.15) is 4.98 Å². The first-order valence-electron chi connectivity index (χ1n) is 7.32. The van der Waals surface area contributed by atoms with E-state index in [1.165, 1.54) is 4.88 Å². The summed E-state index contributed by atoms with van der Waals surface area (Å²) in [6.45, 7) is 10.0. The van der Waals surface area contributed by atoms with Crippen molar-refractivity contribution < 1.29 is 4.52 Å². The molecule has 8 heteroatoms. The van der Waals surface area contributed by atoms with Crippen LogP contribution in [0.2, 0.25) is 0 Å². The summed E-state index contributed by atoms with van der Waals surface area (Å²) >= 11 is 1.69. The number of nitrogens with one attached hydrogen (secondary N) is 2. The number of aromatic nitrogens is 3. The quantitative estimate of drug-likeness (QED) is 0.622. The van der Waals surface area contributed by atoms with Crippen molar-refractivity contribution in [1.29, 1.82) is 0 Å². The predicted octanol–water partition coefficient (Wildman–Crippen LogP) is 1.75. The number of hydrogen-bond acceptors (Lipinski definition) is 6. The minimum Gasteiger partial charge on any atom is -0.357 e. The molecule has 7 nitrogen and oxygen atoms in total. The molecular weight excluding hydrogens is 300 g/mol. The molecule has 0 unspecified atom stereocenters. The molecule has 0 atom stereocenters. The van der Waals surface area contributed by atoms with Crippen LogP contribution in [0.5, 0.6) is 0 Å². The molecule has 0 aromatic carbocycles. The summed E-state index contributed by atoms with van der Waals surface area (Å²) in [5, 5.41) is 11.3. The van der Waals surface area contributed by atoms with E-state index in [9.17, 15) is 0 Å². The minimum absolute atomic E-state index is 0.578. The van der Waals surface area contributed by atoms with Crippen LogP contribution >= 0.6 is 11.3 Å². The summed E-state index contributed by atoms with van der Waals surface area (Å²) in [6.07, 6.45) is 0.667. The minimum atomic E-state index is 0.578. The molecule has 0 amide bonds. The fraction of sp³-hybridized carbons (Fsp3) is 0.571. The number of guanidine groups is 1. The van der Waals surface area contributed by atoms with E-state index >= 15 is 0 Å². The fourth-order valence-electron chi connectivity index (χ4n) is 1.82. The number of thiazole rings is 1. The average Bonchev–Trinajstić information content (AvgIpc) is 3.03. The molecule has 0 aliphatic heterocycles. The number of aliphatic imine (C=N–C) groups is 1. The Kier molecular flexibility index (Phi) is 5.88. The van der Waals surface area contributed by atoms with Crippen LogP contribution in [0.25, 0.3) is 0 Å². The van der Waals surface area contributed by atoms with Crippen molar-refractivity contribution in [2.75, 3.05) is 13.1 Å². The van der Waals surface area contributed by atoms with Crippen LogP contribution in [-0.4, -0.2) is 34.2 Å². The second-order valence-corrected chi connectivity index (χ2v) is 6.14. The molecule has 0 bridgehead atoms. The number of hydrogen-bond donors (Lipinski definition) is 2. The molecule has 2 rings (SSSR count). The largest absolute Gasteiger partial charge is 0.357 e. The van der Waals surface area contributed by atoms with Gasteiger partial charge in [-0.15, -0.1) is 11.3 Å². The topological polar surface area (TPSA) is 88.2 Å². The molecule has 2 heterocycles. The van der Waals surface area contributed by atoms with Crippen molar-refractivity contribution in [2.24, 2.45) is 4.99 Å². The van der Waals surface area contributed by atoms with E-state index < -0.39 is 0 Å². The van der Waals surface area contributed by atoms with Crippen LogP contribution < -0.4 is 10.6 Å². The Labute approximate surface area is 134 Å². The maximum Gasteiger partial charge on any atom is 0.228 e. The third-order valence-corrected chi connectivity index (χ3v) is 4.05. The second-order valence-electron chi connectivity index (χ2n) is 4.86. The Hall–Kier alpha value is -1.96. The highest BCUT2D eigenvalue weighted by atomic mass is 32.1. The summed E-state index contributed by atoms with van der Waals surface area (Å²) in [5.74, 6) is 2.06. The molecule has 2 N–H and O–H groups in total. The van der Waals surface area contributed by atoms with Gasteiger partial charge in [-0.05, 0) is 27.7 Å². The van der Waals surface area contributed by atoms with Crippen molar-refractivity contribution in [3.8, 4) is 0 Å². The van der Waals surface area contributed by atoms with Gasteiger partial charge >= 0.3 is 0 Å². The molecule has 0 aliphatic carbocycles. The predicted molar refractivity (Wildman–Crippen MR) is 87.1 cm³/mol. The maximum atomic E-state index is 5.08. The summed E-state index contributed by atoms with van der Waals surface area (Å²) in [6, 6.07) is 0. The maximum absolute atomic E-state index is 5.08.